The van der Waals surface area contributed by atoms with Crippen LogP contribution in [0.2, 0.25) is 5.15 Å². The van der Waals surface area contributed by atoms with Gasteiger partial charge in [0.05, 0.1) is 13.1 Å². The zero-order valence-corrected chi connectivity index (χ0v) is 26.2. The number of imidazole rings is 1. The Hall–Kier alpha value is -4.70. The molecular weight excluding hydrogens is 610 g/mol. The fourth-order valence-corrected chi connectivity index (χ4v) is 5.15. The van der Waals surface area contributed by atoms with Gasteiger partial charge in [0.1, 0.15) is 12.3 Å². The number of carbonyl (C=O) groups excluding carboxylic acids is 3. The first kappa shape index (κ1) is 36.5. The molecule has 0 aliphatic carbocycles. The number of aryl methyl sites for hydroxylation is 2. The largest absolute Gasteiger partial charge is 0.554 e. The van der Waals surface area contributed by atoms with Gasteiger partial charge in [-0.05, 0) is 45.4 Å². The number of amides is 2. The molecule has 1 saturated heterocycles. The number of anilines is 2. The summed E-state index contributed by atoms with van der Waals surface area (Å²) in [4.78, 5) is 52.2. The summed E-state index contributed by atoms with van der Waals surface area (Å²) in [6, 6.07) is 5.94. The number of rotatable bonds is 10. The first-order chi connectivity index (χ1) is 21.6. The highest BCUT2D eigenvalue weighted by molar-refractivity contribution is 6.31. The van der Waals surface area contributed by atoms with Crippen LogP contribution < -0.4 is 36.5 Å². The number of nitrogens with one attached hydrogen (secondary N) is 2. The maximum atomic E-state index is 12.8. The van der Waals surface area contributed by atoms with Gasteiger partial charge in [-0.3, -0.25) is 14.4 Å². The van der Waals surface area contributed by atoms with Crippen molar-refractivity contribution in [3.8, 4) is 5.75 Å². The molecule has 0 unspecified atom stereocenters. The van der Waals surface area contributed by atoms with Gasteiger partial charge in [-0.15, -0.1) is 0 Å². The number of aromatic nitrogens is 4. The number of hydrogen-bond acceptors (Lipinski definition) is 11. The van der Waals surface area contributed by atoms with Gasteiger partial charge in [-0.1, -0.05) is 18.5 Å². The van der Waals surface area contributed by atoms with E-state index in [1.54, 1.807) is 0 Å². The molecular formula is C28H40ClN9O7. The number of nitrogen functional groups attached to an aromatic ring is 2. The Kier molecular flexibility index (Phi) is 14.7. The van der Waals surface area contributed by atoms with E-state index in [4.69, 9.17) is 47.6 Å². The minimum atomic E-state index is -0.507. The fourth-order valence-electron chi connectivity index (χ4n) is 5.02. The van der Waals surface area contributed by atoms with E-state index in [9.17, 15) is 9.59 Å². The van der Waals surface area contributed by atoms with Crippen molar-refractivity contribution >= 4 is 59.0 Å². The number of nitrogens with two attached hydrogens (primary N) is 2. The van der Waals surface area contributed by atoms with Gasteiger partial charge in [-0.2, -0.15) is 0 Å². The standard InChI is InChI=1S/C26H36ClN9O3.2CH2O2/c1-4-34-11-9-16(10-12-34)31-20(37)15-39-17-7-8-18-19(13-17)36(6-3)21(35(18)5-2)14-30-26(38)22-24(28)33-25(29)23(27)32-22;2*2-1-3/h7-8,13,16H,4-6,9-12,14-15H2,1-3H3,(H5-,28,29,30,31,33,37,38);2*1H,(H,2,3). The summed E-state index contributed by atoms with van der Waals surface area (Å²) < 4.78 is 10.1. The maximum absolute atomic E-state index is 12.8. The summed E-state index contributed by atoms with van der Waals surface area (Å²) in [5.74, 6) is 0.731. The van der Waals surface area contributed by atoms with Crippen LogP contribution in [0.15, 0.2) is 18.2 Å². The highest BCUT2D eigenvalue weighted by atomic mass is 35.5. The Morgan fingerprint density at radius 1 is 1.16 bits per heavy atom. The van der Waals surface area contributed by atoms with Gasteiger partial charge in [0, 0.05) is 31.7 Å². The van der Waals surface area contributed by atoms with Gasteiger partial charge >= 0.3 is 0 Å². The van der Waals surface area contributed by atoms with Gasteiger partial charge < -0.3 is 46.7 Å². The number of ether oxygens (including phenoxy) is 1. The molecule has 1 aliphatic heterocycles. The molecule has 45 heavy (non-hydrogen) atoms. The molecule has 3 aromatic rings. The van der Waals surface area contributed by atoms with Crippen LogP contribution in [-0.2, 0) is 34.0 Å². The van der Waals surface area contributed by atoms with E-state index >= 15 is 0 Å². The molecule has 1 aliphatic rings. The average molecular weight is 650 g/mol. The van der Waals surface area contributed by atoms with Crippen molar-refractivity contribution in [1.82, 2.24) is 30.1 Å². The molecule has 4 rings (SSSR count). The third-order valence-electron chi connectivity index (χ3n) is 7.08. The molecule has 1 fully saturated rings. The highest BCUT2D eigenvalue weighted by Gasteiger charge is 2.26. The number of carbonyl (C=O) groups is 4. The second-order valence-electron chi connectivity index (χ2n) is 9.64. The Labute approximate surface area is 265 Å². The molecule has 7 N–H and O–H groups in total. The normalized spacial score (nSPS) is 13.1. The van der Waals surface area contributed by atoms with Crippen molar-refractivity contribution < 1.29 is 38.7 Å². The summed E-state index contributed by atoms with van der Waals surface area (Å²) in [7, 11) is 0. The number of nitrogens with zero attached hydrogens (tertiary/aromatic N) is 5. The van der Waals surface area contributed by atoms with E-state index in [1.165, 1.54) is 0 Å². The Balaban J connectivity index is 0.00000109. The lowest BCUT2D eigenvalue weighted by molar-refractivity contribution is -0.676. The van der Waals surface area contributed by atoms with Crippen molar-refractivity contribution in [2.24, 2.45) is 0 Å². The topological polar surface area (TPSA) is 235 Å². The smallest absolute Gasteiger partial charge is 0.290 e. The lowest BCUT2D eigenvalue weighted by Crippen LogP contribution is -2.45. The minimum Gasteiger partial charge on any atom is -0.554 e. The van der Waals surface area contributed by atoms with Gasteiger partial charge in [0.25, 0.3) is 24.1 Å². The molecule has 246 valence electrons. The van der Waals surface area contributed by atoms with Crippen LogP contribution in [-0.4, -0.2) is 81.6 Å². The third kappa shape index (κ3) is 9.90. The number of benzene rings is 1. The van der Waals surface area contributed by atoms with Gasteiger partial charge in [-0.25, -0.2) is 19.1 Å². The van der Waals surface area contributed by atoms with E-state index in [0.29, 0.717) is 18.8 Å². The number of halogens is 1. The number of hydrogen-bond donors (Lipinski definition) is 5. The second-order valence-corrected chi connectivity index (χ2v) is 10.00. The molecule has 3 heterocycles. The van der Waals surface area contributed by atoms with E-state index in [1.807, 2.05) is 32.0 Å². The highest BCUT2D eigenvalue weighted by Crippen LogP contribution is 2.22. The quantitative estimate of drug-likeness (QED) is 0.139. The van der Waals surface area contributed by atoms with Crippen LogP contribution in [0.5, 0.6) is 5.75 Å². The summed E-state index contributed by atoms with van der Waals surface area (Å²) in [5, 5.41) is 21.0. The molecule has 16 nitrogen and oxygen atoms in total. The molecule has 2 amide bonds. The maximum Gasteiger partial charge on any atom is 0.290 e. The SMILES string of the molecule is CCN1CCC(NC(=O)COc2ccc3c(c2)n(CC)c(CNC(=O)c2nc(Cl)c(N)nc2N)[n+]3CC)CC1.O=CO.O=C[O-]. The van der Waals surface area contributed by atoms with Crippen molar-refractivity contribution in [3.63, 3.8) is 0 Å². The third-order valence-corrected chi connectivity index (χ3v) is 7.36. The molecule has 0 atom stereocenters. The Bertz CT molecular complexity index is 1450. The zero-order chi connectivity index (χ0) is 33.5. The van der Waals surface area contributed by atoms with Crippen LogP contribution in [0.4, 0.5) is 11.6 Å². The summed E-state index contributed by atoms with van der Waals surface area (Å²) in [5.41, 5.74) is 13.3. The summed E-state index contributed by atoms with van der Waals surface area (Å²) in [6.45, 7) is 10.0. The van der Waals surface area contributed by atoms with E-state index in [-0.39, 0.29) is 54.1 Å². The van der Waals surface area contributed by atoms with E-state index in [2.05, 4.69) is 41.6 Å². The van der Waals surface area contributed by atoms with E-state index < -0.39 is 12.4 Å². The van der Waals surface area contributed by atoms with Crippen LogP contribution in [0, 0.1) is 0 Å². The first-order valence-electron chi connectivity index (χ1n) is 14.3. The fraction of sp³-hybridized carbons (Fsp3) is 0.464. The number of carboxylic acid groups (broad SMARTS) is 2. The lowest BCUT2D eigenvalue weighted by atomic mass is 10.1. The predicted molar refractivity (Wildman–Crippen MR) is 164 cm³/mol. The van der Waals surface area contributed by atoms with Crippen molar-refractivity contribution in [2.75, 3.05) is 37.7 Å². The molecule has 0 radical (unpaired) electrons. The van der Waals surface area contributed by atoms with Crippen molar-refractivity contribution in [2.45, 2.75) is 59.3 Å². The molecule has 1 aromatic carbocycles. The van der Waals surface area contributed by atoms with Crippen LogP contribution in [0.3, 0.4) is 0 Å². The molecule has 0 saturated carbocycles. The summed E-state index contributed by atoms with van der Waals surface area (Å²) >= 11 is 5.93. The molecule has 0 spiro atoms. The number of fused-ring (bicyclic) bond motifs is 1. The first-order valence-corrected chi connectivity index (χ1v) is 14.7. The van der Waals surface area contributed by atoms with E-state index in [0.717, 1.165) is 49.3 Å². The molecule has 0 bridgehead atoms. The van der Waals surface area contributed by atoms with Crippen LogP contribution >= 0.6 is 11.6 Å². The van der Waals surface area contributed by atoms with Crippen molar-refractivity contribution in [3.05, 3.63) is 34.9 Å². The second kappa shape index (κ2) is 18.2. The van der Waals surface area contributed by atoms with Gasteiger partial charge in [0.15, 0.2) is 40.1 Å². The minimum absolute atomic E-state index is 0.0338. The Morgan fingerprint density at radius 3 is 2.38 bits per heavy atom. The Morgan fingerprint density at radius 2 is 1.80 bits per heavy atom. The van der Waals surface area contributed by atoms with Gasteiger partial charge in [0.2, 0.25) is 0 Å². The average Bonchev–Trinajstić information content (AvgIpc) is 3.33. The van der Waals surface area contributed by atoms with Crippen LogP contribution in [0.1, 0.15) is 49.9 Å². The summed E-state index contributed by atoms with van der Waals surface area (Å²) in [6.07, 6.45) is 1.91. The van der Waals surface area contributed by atoms with Crippen molar-refractivity contribution in [1.29, 1.82) is 0 Å². The molecule has 17 heteroatoms. The number of piperidine rings is 1. The number of likely N-dealkylation sites (tertiary alicyclic amines) is 1. The molecule has 2 aromatic heterocycles. The monoisotopic (exact) mass is 649 g/mol. The predicted octanol–water partition coefficient (Wildman–Crippen LogP) is -0.447. The van der Waals surface area contributed by atoms with Crippen LogP contribution in [0.25, 0.3) is 11.0 Å². The zero-order valence-electron chi connectivity index (χ0n) is 25.5. The lowest BCUT2D eigenvalue weighted by Gasteiger charge is -2.31.